The minimum absolute atomic E-state index is 0.0803. The lowest BCUT2D eigenvalue weighted by Gasteiger charge is -2.23. The number of hydrogen-bond donors (Lipinski definition) is 2. The van der Waals surface area contributed by atoms with E-state index in [-0.39, 0.29) is 23.5 Å². The Bertz CT molecular complexity index is 784. The summed E-state index contributed by atoms with van der Waals surface area (Å²) in [5.74, 6) is 0.0956. The summed E-state index contributed by atoms with van der Waals surface area (Å²) >= 11 is 1.34. The maximum Gasteiger partial charge on any atom is 0.251 e. The molecule has 21 heavy (non-hydrogen) atoms. The minimum atomic E-state index is -2.91. The number of nitrogens with one attached hydrogen (secondary N) is 1. The van der Waals surface area contributed by atoms with E-state index in [1.54, 1.807) is 18.2 Å². The zero-order valence-corrected chi connectivity index (χ0v) is 12.8. The standard InChI is InChI=1S/C13H15N3O3S2/c14-13-16-10-2-1-8(7-11(10)20-13)12(17)15-9-3-5-21(18,19)6-4-9/h1-2,7,9H,3-6H2,(H2,14,16)(H,15,17). The topological polar surface area (TPSA) is 102 Å². The number of hydrogen-bond acceptors (Lipinski definition) is 6. The van der Waals surface area contributed by atoms with Crippen LogP contribution in [0.25, 0.3) is 10.2 Å². The van der Waals surface area contributed by atoms with Gasteiger partial charge in [-0.3, -0.25) is 4.79 Å². The average Bonchev–Trinajstić information content (AvgIpc) is 2.80. The largest absolute Gasteiger partial charge is 0.375 e. The van der Waals surface area contributed by atoms with Crippen molar-refractivity contribution >= 4 is 42.4 Å². The van der Waals surface area contributed by atoms with E-state index in [1.165, 1.54) is 11.3 Å². The Balaban J connectivity index is 1.72. The summed E-state index contributed by atoms with van der Waals surface area (Å²) in [6.07, 6.45) is 0.952. The molecule has 0 atom stereocenters. The van der Waals surface area contributed by atoms with E-state index in [1.807, 2.05) is 0 Å². The SMILES string of the molecule is Nc1nc2ccc(C(=O)NC3CCS(=O)(=O)CC3)cc2s1. The molecule has 3 rings (SSSR count). The van der Waals surface area contributed by atoms with Crippen molar-refractivity contribution in [3.63, 3.8) is 0 Å². The number of sulfone groups is 1. The number of aromatic nitrogens is 1. The predicted octanol–water partition coefficient (Wildman–Crippen LogP) is 1.19. The summed E-state index contributed by atoms with van der Waals surface area (Å²) < 4.78 is 23.6. The summed E-state index contributed by atoms with van der Waals surface area (Å²) in [6.45, 7) is 0. The monoisotopic (exact) mass is 325 g/mol. The highest BCUT2D eigenvalue weighted by Gasteiger charge is 2.25. The average molecular weight is 325 g/mol. The molecule has 0 bridgehead atoms. The van der Waals surface area contributed by atoms with E-state index in [0.717, 1.165) is 10.2 Å². The maximum absolute atomic E-state index is 12.2. The Morgan fingerprint density at radius 1 is 1.33 bits per heavy atom. The van der Waals surface area contributed by atoms with E-state index in [4.69, 9.17) is 5.73 Å². The van der Waals surface area contributed by atoms with Gasteiger partial charge in [-0.2, -0.15) is 0 Å². The summed E-state index contributed by atoms with van der Waals surface area (Å²) in [5, 5.41) is 3.37. The van der Waals surface area contributed by atoms with Crippen LogP contribution in [0.3, 0.4) is 0 Å². The van der Waals surface area contributed by atoms with E-state index >= 15 is 0 Å². The third-order valence-corrected chi connectivity index (χ3v) is 6.12. The van der Waals surface area contributed by atoms with Gasteiger partial charge in [0.1, 0.15) is 9.84 Å². The molecule has 112 valence electrons. The van der Waals surface area contributed by atoms with Crippen LogP contribution in [-0.4, -0.2) is 36.9 Å². The van der Waals surface area contributed by atoms with E-state index in [2.05, 4.69) is 10.3 Å². The number of thiazole rings is 1. The summed E-state index contributed by atoms with van der Waals surface area (Å²) in [4.78, 5) is 16.4. The first-order valence-corrected chi connectivity index (χ1v) is 9.24. The molecule has 8 heteroatoms. The molecule has 1 saturated heterocycles. The van der Waals surface area contributed by atoms with E-state index in [0.29, 0.717) is 23.5 Å². The fourth-order valence-electron chi connectivity index (χ4n) is 2.39. The zero-order valence-electron chi connectivity index (χ0n) is 11.2. The quantitative estimate of drug-likeness (QED) is 0.863. The van der Waals surface area contributed by atoms with Gasteiger partial charge < -0.3 is 11.1 Å². The molecule has 1 aliphatic heterocycles. The van der Waals surface area contributed by atoms with E-state index in [9.17, 15) is 13.2 Å². The van der Waals surface area contributed by atoms with Crippen molar-refractivity contribution in [2.75, 3.05) is 17.2 Å². The molecule has 2 aromatic rings. The molecule has 1 amide bonds. The van der Waals surface area contributed by atoms with Crippen LogP contribution in [0.4, 0.5) is 5.13 Å². The second-order valence-corrected chi connectivity index (χ2v) is 8.50. The van der Waals surface area contributed by atoms with Crippen LogP contribution in [0.1, 0.15) is 23.2 Å². The van der Waals surface area contributed by atoms with Crippen molar-refractivity contribution in [1.82, 2.24) is 10.3 Å². The number of amides is 1. The normalized spacial score (nSPS) is 18.7. The highest BCUT2D eigenvalue weighted by atomic mass is 32.2. The third-order valence-electron chi connectivity index (χ3n) is 3.56. The highest BCUT2D eigenvalue weighted by molar-refractivity contribution is 7.91. The van der Waals surface area contributed by atoms with Crippen molar-refractivity contribution in [2.45, 2.75) is 18.9 Å². The number of rotatable bonds is 2. The van der Waals surface area contributed by atoms with Gasteiger partial charge in [0, 0.05) is 11.6 Å². The fraction of sp³-hybridized carbons (Fsp3) is 0.385. The number of carbonyl (C=O) groups excluding carboxylic acids is 1. The van der Waals surface area contributed by atoms with Gasteiger partial charge in [-0.15, -0.1) is 0 Å². The van der Waals surface area contributed by atoms with Gasteiger partial charge in [0.2, 0.25) is 0 Å². The molecule has 0 aliphatic carbocycles. The lowest BCUT2D eigenvalue weighted by atomic mass is 10.1. The molecular formula is C13H15N3O3S2. The van der Waals surface area contributed by atoms with E-state index < -0.39 is 9.84 Å². The molecule has 2 heterocycles. The molecule has 1 aliphatic rings. The Kier molecular flexibility index (Phi) is 3.58. The van der Waals surface area contributed by atoms with Crippen LogP contribution in [0.2, 0.25) is 0 Å². The number of anilines is 1. The Labute approximate surface area is 126 Å². The van der Waals surface area contributed by atoms with Crippen molar-refractivity contribution in [1.29, 1.82) is 0 Å². The molecule has 0 unspecified atom stereocenters. The molecule has 1 fully saturated rings. The van der Waals surface area contributed by atoms with Crippen LogP contribution >= 0.6 is 11.3 Å². The second kappa shape index (κ2) is 5.27. The van der Waals surface area contributed by atoms with Crippen molar-refractivity contribution in [2.24, 2.45) is 0 Å². The predicted molar refractivity (Wildman–Crippen MR) is 83.2 cm³/mol. The summed E-state index contributed by atoms with van der Waals surface area (Å²) in [5.41, 5.74) is 6.96. The molecule has 0 spiro atoms. The van der Waals surface area contributed by atoms with Crippen LogP contribution in [0, 0.1) is 0 Å². The zero-order chi connectivity index (χ0) is 15.0. The summed E-state index contributed by atoms with van der Waals surface area (Å²) in [7, 11) is -2.91. The van der Waals surface area contributed by atoms with Crippen LogP contribution in [0.5, 0.6) is 0 Å². The molecule has 6 nitrogen and oxygen atoms in total. The fourth-order valence-corrected chi connectivity index (χ4v) is 4.65. The number of nitrogens with zero attached hydrogens (tertiary/aromatic N) is 1. The molecular weight excluding hydrogens is 310 g/mol. The Morgan fingerprint density at radius 3 is 2.76 bits per heavy atom. The van der Waals surface area contributed by atoms with Gasteiger partial charge in [0.25, 0.3) is 5.91 Å². The first-order valence-electron chi connectivity index (χ1n) is 6.60. The molecule has 1 aromatic carbocycles. The maximum atomic E-state index is 12.2. The number of benzene rings is 1. The second-order valence-electron chi connectivity index (χ2n) is 5.13. The van der Waals surface area contributed by atoms with Crippen molar-refractivity contribution in [3.8, 4) is 0 Å². The highest BCUT2D eigenvalue weighted by Crippen LogP contribution is 2.24. The van der Waals surface area contributed by atoms with Crippen LogP contribution < -0.4 is 11.1 Å². The Hall–Kier alpha value is -1.67. The van der Waals surface area contributed by atoms with Gasteiger partial charge in [-0.05, 0) is 31.0 Å². The first-order chi connectivity index (χ1) is 9.93. The molecule has 3 N–H and O–H groups in total. The van der Waals surface area contributed by atoms with Gasteiger partial charge in [0.05, 0.1) is 21.7 Å². The number of nitrogen functional groups attached to an aromatic ring is 1. The molecule has 0 radical (unpaired) electrons. The number of fused-ring (bicyclic) bond motifs is 1. The smallest absolute Gasteiger partial charge is 0.251 e. The van der Waals surface area contributed by atoms with Gasteiger partial charge in [-0.25, -0.2) is 13.4 Å². The first kappa shape index (κ1) is 14.3. The minimum Gasteiger partial charge on any atom is -0.375 e. The molecule has 0 saturated carbocycles. The Morgan fingerprint density at radius 2 is 2.05 bits per heavy atom. The molecule has 1 aromatic heterocycles. The van der Waals surface area contributed by atoms with Crippen LogP contribution in [0.15, 0.2) is 18.2 Å². The van der Waals surface area contributed by atoms with Gasteiger partial charge in [0.15, 0.2) is 5.13 Å². The van der Waals surface area contributed by atoms with Gasteiger partial charge in [-0.1, -0.05) is 11.3 Å². The van der Waals surface area contributed by atoms with Crippen LogP contribution in [-0.2, 0) is 9.84 Å². The number of nitrogens with two attached hydrogens (primary N) is 1. The lowest BCUT2D eigenvalue weighted by Crippen LogP contribution is -2.40. The van der Waals surface area contributed by atoms with Crippen molar-refractivity contribution in [3.05, 3.63) is 23.8 Å². The third kappa shape index (κ3) is 3.16. The number of carbonyl (C=O) groups is 1. The lowest BCUT2D eigenvalue weighted by molar-refractivity contribution is 0.0934. The summed E-state index contributed by atoms with van der Waals surface area (Å²) in [6, 6.07) is 5.15. The van der Waals surface area contributed by atoms with Crippen molar-refractivity contribution < 1.29 is 13.2 Å². The van der Waals surface area contributed by atoms with Gasteiger partial charge >= 0.3 is 0 Å².